The maximum Gasteiger partial charge on any atom is 0.507 e. The van der Waals surface area contributed by atoms with Gasteiger partial charge in [0, 0.05) is 5.46 Å². The summed E-state index contributed by atoms with van der Waals surface area (Å²) in [5.41, 5.74) is -1.32. The third-order valence-electron chi connectivity index (χ3n) is 1.99. The third kappa shape index (κ3) is 2.74. The fourth-order valence-corrected chi connectivity index (χ4v) is 1.25. The molecule has 90 valence electrons. The highest BCUT2D eigenvalue weighted by molar-refractivity contribution is 6.70. The first-order valence-corrected chi connectivity index (χ1v) is 4.42. The molecule has 17 heavy (non-hydrogen) atoms. The van der Waals surface area contributed by atoms with E-state index in [2.05, 4.69) is 9.72 Å². The number of carboxylic acids is 1. The van der Waals surface area contributed by atoms with Crippen LogP contribution in [0.1, 0.15) is 10.4 Å². The van der Waals surface area contributed by atoms with Crippen molar-refractivity contribution in [3.05, 3.63) is 11.6 Å². The first kappa shape index (κ1) is 13.5. The van der Waals surface area contributed by atoms with Crippen molar-refractivity contribution >= 4 is 31.3 Å². The molecule has 0 aliphatic carbocycles. The average molecular weight is 241 g/mol. The summed E-state index contributed by atoms with van der Waals surface area (Å²) < 4.78 is 4.65. The smallest absolute Gasteiger partial charge is 0.480 e. The molecule has 1 rings (SSSR count). The third-order valence-corrected chi connectivity index (χ3v) is 1.99. The summed E-state index contributed by atoms with van der Waals surface area (Å²) in [6, 6.07) is 0.855. The molecular formula is C7H9B2NO7. The second kappa shape index (κ2) is 5.15. The predicted octanol–water partition coefficient (Wildman–Crippen LogP) is -3.85. The SMILES string of the molecule is COc1nc(B(O)O)c(B(O)O)cc1C(=O)O. The number of carboxylic acid groups (broad SMARTS) is 1. The minimum atomic E-state index is -2.08. The molecule has 8 nitrogen and oxygen atoms in total. The van der Waals surface area contributed by atoms with Crippen LogP contribution >= 0.6 is 0 Å². The molecule has 0 aromatic carbocycles. The van der Waals surface area contributed by atoms with Gasteiger partial charge in [0.05, 0.1) is 12.7 Å². The van der Waals surface area contributed by atoms with E-state index < -0.39 is 36.8 Å². The zero-order valence-electron chi connectivity index (χ0n) is 8.73. The number of carbonyl (C=O) groups is 1. The topological polar surface area (TPSA) is 140 Å². The predicted molar refractivity (Wildman–Crippen MR) is 57.4 cm³/mol. The number of rotatable bonds is 4. The molecular weight excluding hydrogens is 232 g/mol. The van der Waals surface area contributed by atoms with Crippen molar-refractivity contribution in [2.75, 3.05) is 7.11 Å². The van der Waals surface area contributed by atoms with Crippen molar-refractivity contribution in [1.29, 1.82) is 0 Å². The summed E-state index contributed by atoms with van der Waals surface area (Å²) in [5.74, 6) is -1.75. The van der Waals surface area contributed by atoms with Crippen LogP contribution in [-0.4, -0.2) is 57.5 Å². The van der Waals surface area contributed by atoms with Gasteiger partial charge >= 0.3 is 20.2 Å². The lowest BCUT2D eigenvalue weighted by molar-refractivity contribution is 0.0692. The molecule has 0 aliphatic heterocycles. The molecule has 0 fully saturated rings. The number of hydrogen-bond donors (Lipinski definition) is 5. The van der Waals surface area contributed by atoms with Crippen LogP contribution in [0.2, 0.25) is 0 Å². The fraction of sp³-hybridized carbons (Fsp3) is 0.143. The lowest BCUT2D eigenvalue weighted by Gasteiger charge is -2.11. The van der Waals surface area contributed by atoms with Crippen LogP contribution < -0.4 is 15.8 Å². The summed E-state index contributed by atoms with van der Waals surface area (Å²) >= 11 is 0. The number of pyridine rings is 1. The van der Waals surface area contributed by atoms with Crippen molar-refractivity contribution in [1.82, 2.24) is 4.98 Å². The molecule has 1 heterocycles. The Hall–Kier alpha value is -1.61. The quantitative estimate of drug-likeness (QED) is 0.337. The largest absolute Gasteiger partial charge is 0.507 e. The summed E-state index contributed by atoms with van der Waals surface area (Å²) in [4.78, 5) is 14.3. The highest BCUT2D eigenvalue weighted by Crippen LogP contribution is 2.11. The molecule has 5 N–H and O–H groups in total. The van der Waals surface area contributed by atoms with E-state index in [1.165, 1.54) is 0 Å². The minimum absolute atomic E-state index is 0.356. The van der Waals surface area contributed by atoms with Crippen LogP contribution in [-0.2, 0) is 0 Å². The van der Waals surface area contributed by atoms with Crippen LogP contribution in [0.15, 0.2) is 6.07 Å². The van der Waals surface area contributed by atoms with E-state index in [0.29, 0.717) is 0 Å². The van der Waals surface area contributed by atoms with E-state index in [4.69, 9.17) is 25.2 Å². The van der Waals surface area contributed by atoms with Crippen molar-refractivity contribution in [2.45, 2.75) is 0 Å². The van der Waals surface area contributed by atoms with E-state index in [9.17, 15) is 4.79 Å². The average Bonchev–Trinajstić information content (AvgIpc) is 2.26. The van der Waals surface area contributed by atoms with Crippen LogP contribution in [0.3, 0.4) is 0 Å². The second-order valence-electron chi connectivity index (χ2n) is 3.07. The molecule has 1 aromatic heterocycles. The van der Waals surface area contributed by atoms with Gasteiger partial charge in [0.25, 0.3) is 0 Å². The number of hydrogen-bond acceptors (Lipinski definition) is 7. The minimum Gasteiger partial charge on any atom is -0.480 e. The van der Waals surface area contributed by atoms with Gasteiger partial charge in [-0.2, -0.15) is 0 Å². The van der Waals surface area contributed by atoms with Gasteiger partial charge < -0.3 is 29.9 Å². The van der Waals surface area contributed by atoms with Crippen molar-refractivity contribution in [3.8, 4) is 5.88 Å². The van der Waals surface area contributed by atoms with Crippen molar-refractivity contribution in [2.24, 2.45) is 0 Å². The highest BCUT2D eigenvalue weighted by Gasteiger charge is 2.29. The zero-order valence-corrected chi connectivity index (χ0v) is 8.73. The van der Waals surface area contributed by atoms with Gasteiger partial charge in [-0.05, 0) is 6.07 Å². The number of aromatic carboxylic acids is 1. The molecule has 0 atom stereocenters. The molecule has 10 heteroatoms. The second-order valence-corrected chi connectivity index (χ2v) is 3.07. The lowest BCUT2D eigenvalue weighted by atomic mass is 9.68. The van der Waals surface area contributed by atoms with E-state index in [-0.39, 0.29) is 5.88 Å². The van der Waals surface area contributed by atoms with Gasteiger partial charge in [0.2, 0.25) is 5.88 Å². The standard InChI is InChI=1S/C7H9B2NO7/c1-17-6-3(7(11)12)2-4(8(13)14)5(10-6)9(15)16/h2,13-16H,1H3,(H,11,12). The Kier molecular flexibility index (Phi) is 4.07. The number of aromatic nitrogens is 1. The zero-order chi connectivity index (χ0) is 13.2. The van der Waals surface area contributed by atoms with Gasteiger partial charge in [-0.1, -0.05) is 0 Å². The Morgan fingerprint density at radius 1 is 1.29 bits per heavy atom. The normalized spacial score (nSPS) is 9.94. The molecule has 0 aliphatic rings. The fourth-order valence-electron chi connectivity index (χ4n) is 1.25. The molecule has 0 saturated heterocycles. The first-order valence-electron chi connectivity index (χ1n) is 4.42. The summed E-state index contributed by atoms with van der Waals surface area (Å²) in [7, 11) is -3.01. The number of methoxy groups -OCH3 is 1. The maximum atomic E-state index is 10.8. The van der Waals surface area contributed by atoms with Gasteiger partial charge in [0.1, 0.15) is 5.56 Å². The van der Waals surface area contributed by atoms with Crippen LogP contribution in [0.4, 0.5) is 0 Å². The molecule has 0 saturated carbocycles. The molecule has 0 bridgehead atoms. The van der Waals surface area contributed by atoms with Gasteiger partial charge in [-0.3, -0.25) is 0 Å². The Morgan fingerprint density at radius 3 is 2.24 bits per heavy atom. The van der Waals surface area contributed by atoms with Crippen LogP contribution in [0, 0.1) is 0 Å². The molecule has 0 unspecified atom stereocenters. The van der Waals surface area contributed by atoms with Crippen molar-refractivity contribution in [3.63, 3.8) is 0 Å². The Labute approximate surface area is 96.4 Å². The van der Waals surface area contributed by atoms with E-state index >= 15 is 0 Å². The monoisotopic (exact) mass is 241 g/mol. The lowest BCUT2D eigenvalue weighted by Crippen LogP contribution is -2.51. The maximum absolute atomic E-state index is 10.8. The van der Waals surface area contributed by atoms with E-state index in [1.54, 1.807) is 0 Å². The molecule has 0 radical (unpaired) electrons. The number of ether oxygens (including phenoxy) is 1. The van der Waals surface area contributed by atoms with Crippen LogP contribution in [0.25, 0.3) is 0 Å². The van der Waals surface area contributed by atoms with Gasteiger partial charge in [-0.15, -0.1) is 0 Å². The Balaban J connectivity index is 3.48. The molecule has 0 spiro atoms. The van der Waals surface area contributed by atoms with Crippen LogP contribution in [0.5, 0.6) is 5.88 Å². The summed E-state index contributed by atoms with van der Waals surface area (Å²) in [5, 5.41) is 44.7. The van der Waals surface area contributed by atoms with E-state index in [0.717, 1.165) is 13.2 Å². The molecule has 0 amide bonds. The van der Waals surface area contributed by atoms with Gasteiger partial charge in [-0.25, -0.2) is 9.78 Å². The van der Waals surface area contributed by atoms with E-state index in [1.807, 2.05) is 0 Å². The Bertz CT molecular complexity index is 436. The number of nitrogens with zero attached hydrogens (tertiary/aromatic N) is 1. The van der Waals surface area contributed by atoms with Gasteiger partial charge in [0.15, 0.2) is 0 Å². The summed E-state index contributed by atoms with van der Waals surface area (Å²) in [6.07, 6.45) is 0. The Morgan fingerprint density at radius 2 is 1.88 bits per heavy atom. The van der Waals surface area contributed by atoms with Crippen molar-refractivity contribution < 1.29 is 34.7 Å². The summed E-state index contributed by atoms with van der Waals surface area (Å²) in [6.45, 7) is 0. The molecule has 1 aromatic rings. The highest BCUT2D eigenvalue weighted by atomic mass is 16.5. The first-order chi connectivity index (χ1) is 7.88.